The van der Waals surface area contributed by atoms with E-state index in [-0.39, 0.29) is 30.6 Å². The van der Waals surface area contributed by atoms with Crippen LogP contribution in [-0.2, 0) is 33.4 Å². The number of carbonyl (C=O) groups is 4. The molecule has 2 N–H and O–H groups in total. The highest BCUT2D eigenvalue weighted by atomic mass is 16.7. The molecule has 0 aromatic heterocycles. The van der Waals surface area contributed by atoms with Crippen molar-refractivity contribution < 1.29 is 43.6 Å². The molecule has 75 heavy (non-hydrogen) atoms. The highest BCUT2D eigenvalue weighted by Gasteiger charge is 2.72. The summed E-state index contributed by atoms with van der Waals surface area (Å²) < 4.78 is 18.2. The molecule has 0 aromatic carbocycles. The second kappa shape index (κ2) is 37.0. The van der Waals surface area contributed by atoms with Crippen LogP contribution in [0.25, 0.3) is 0 Å². The van der Waals surface area contributed by atoms with E-state index in [0.717, 1.165) is 77.0 Å². The minimum atomic E-state index is -1.63. The summed E-state index contributed by atoms with van der Waals surface area (Å²) in [6.45, 7) is 8.57. The van der Waals surface area contributed by atoms with E-state index in [9.17, 15) is 24.6 Å². The summed E-state index contributed by atoms with van der Waals surface area (Å²) in [7, 11) is 1.27. The van der Waals surface area contributed by atoms with Gasteiger partial charge in [-0.05, 0) is 38.2 Å². The summed E-state index contributed by atoms with van der Waals surface area (Å²) in [4.78, 5) is 57.7. The molecule has 9 heteroatoms. The molecule has 0 aromatic rings. The largest absolute Gasteiger partial charge is 0.465 e. The Morgan fingerprint density at radius 3 is 1.35 bits per heavy atom. The highest BCUT2D eigenvalue weighted by Crippen LogP contribution is 2.62. The first-order valence-electron chi connectivity index (χ1n) is 32.6. The first kappa shape index (κ1) is 65.4. The molecule has 0 bridgehead atoms. The van der Waals surface area contributed by atoms with E-state index >= 15 is 4.79 Å². The summed E-state index contributed by atoms with van der Waals surface area (Å²) in [6, 6.07) is 0. The third kappa shape index (κ3) is 21.8. The van der Waals surface area contributed by atoms with E-state index in [2.05, 4.69) is 20.8 Å². The van der Waals surface area contributed by atoms with Gasteiger partial charge in [0.05, 0.1) is 25.0 Å². The third-order valence-corrected chi connectivity index (χ3v) is 18.5. The minimum absolute atomic E-state index is 0.0195. The van der Waals surface area contributed by atoms with Crippen LogP contribution in [-0.4, -0.2) is 63.9 Å². The fraction of sp³-hybridized carbons (Fsp3) is 0.909. The zero-order valence-corrected chi connectivity index (χ0v) is 49.4. The number of unbranched alkanes of at least 4 members (excludes halogenated alkanes) is 38. The number of fused-ring (bicyclic) bond motifs is 2. The topological polar surface area (TPSA) is 136 Å². The molecule has 2 aliphatic heterocycles. The molecule has 2 heterocycles. The molecule has 4 aliphatic rings. The Balaban J connectivity index is 1.43. The van der Waals surface area contributed by atoms with Gasteiger partial charge >= 0.3 is 11.9 Å². The van der Waals surface area contributed by atoms with E-state index in [1.54, 1.807) is 6.92 Å². The number of ether oxygens (including phenoxy) is 3. The molecule has 3 fully saturated rings. The van der Waals surface area contributed by atoms with Gasteiger partial charge < -0.3 is 24.4 Å². The highest BCUT2D eigenvalue weighted by molar-refractivity contribution is 6.21. The predicted octanol–water partition coefficient (Wildman–Crippen LogP) is 17.6. The van der Waals surface area contributed by atoms with E-state index in [1.165, 1.54) is 193 Å². The van der Waals surface area contributed by atoms with Crippen molar-refractivity contribution in [2.75, 3.05) is 7.11 Å². The second-order valence-electron chi connectivity index (χ2n) is 25.0. The van der Waals surface area contributed by atoms with E-state index in [1.807, 2.05) is 0 Å². The van der Waals surface area contributed by atoms with Crippen molar-refractivity contribution in [3.63, 3.8) is 0 Å². The van der Waals surface area contributed by atoms with Gasteiger partial charge in [-0.15, -0.1) is 0 Å². The Bertz CT molecular complexity index is 1640. The molecular weight excluding hydrogens is 937 g/mol. The van der Waals surface area contributed by atoms with Crippen LogP contribution >= 0.6 is 0 Å². The number of hydrogen-bond donors (Lipinski definition) is 2. The van der Waals surface area contributed by atoms with Gasteiger partial charge in [-0.25, -0.2) is 4.79 Å². The van der Waals surface area contributed by atoms with E-state index < -0.39 is 64.5 Å². The molecule has 8 unspecified atom stereocenters. The van der Waals surface area contributed by atoms with Gasteiger partial charge in [0.15, 0.2) is 11.6 Å². The average molecular weight is 1050 g/mol. The monoisotopic (exact) mass is 1050 g/mol. The van der Waals surface area contributed by atoms with Crippen LogP contribution in [0.1, 0.15) is 329 Å². The lowest BCUT2D eigenvalue weighted by atomic mass is 9.57. The maximum absolute atomic E-state index is 15.3. The van der Waals surface area contributed by atoms with E-state index in [4.69, 9.17) is 14.2 Å². The molecule has 4 rings (SSSR count). The lowest BCUT2D eigenvalue weighted by Gasteiger charge is -2.49. The second-order valence-corrected chi connectivity index (χ2v) is 25.0. The maximum atomic E-state index is 15.3. The number of Topliss-reactive ketones (excluding diaryl/α,β-unsaturated/α-hetero) is 2. The normalized spacial score (nSPS) is 26.3. The summed E-state index contributed by atoms with van der Waals surface area (Å²) in [5, 5.41) is 24.8. The Kier molecular flexibility index (Phi) is 32.2. The number of hydrogen-bond acceptors (Lipinski definition) is 9. The third-order valence-electron chi connectivity index (χ3n) is 18.5. The number of aliphatic hydroxyl groups is 2. The quantitative estimate of drug-likeness (QED) is 0.0347. The fourth-order valence-electron chi connectivity index (χ4n) is 14.1. The van der Waals surface area contributed by atoms with Gasteiger partial charge in [0.1, 0.15) is 23.1 Å². The van der Waals surface area contributed by atoms with Crippen LogP contribution in [0.3, 0.4) is 0 Å². The first-order chi connectivity index (χ1) is 36.4. The van der Waals surface area contributed by atoms with E-state index in [0.29, 0.717) is 24.8 Å². The van der Waals surface area contributed by atoms with Gasteiger partial charge in [-0.3, -0.25) is 14.4 Å². The van der Waals surface area contributed by atoms with Gasteiger partial charge in [0, 0.05) is 37.0 Å². The minimum Gasteiger partial charge on any atom is -0.465 e. The average Bonchev–Trinajstić information content (AvgIpc) is 3.96. The van der Waals surface area contributed by atoms with Crippen LogP contribution in [0.15, 0.2) is 11.1 Å². The van der Waals surface area contributed by atoms with Crippen molar-refractivity contribution in [1.82, 2.24) is 0 Å². The number of methoxy groups -OCH3 is 1. The Hall–Kier alpha value is -2.10. The molecule has 2 aliphatic carbocycles. The van der Waals surface area contributed by atoms with Crippen LogP contribution in [0, 0.1) is 23.7 Å². The molecule has 9 nitrogen and oxygen atoms in total. The summed E-state index contributed by atoms with van der Waals surface area (Å²) >= 11 is 0. The Morgan fingerprint density at radius 1 is 0.547 bits per heavy atom. The standard InChI is InChI=1S/C66H116O9/c1-6-9-12-15-18-21-24-27-30-33-36-39-42-45-48-55(67)53-50-64(4,71)54(47-44-41-38-35-32-29-26-23-20-17-14-11-8-3)59-58(53)61(62(69)60(59)63(70)73-5)66-52-57(68)74-56(66)51-65(72,75-66)49-46-43-40-37-34-31-28-25-22-19-16-13-10-7-2/h53-54,56,58,61,71-72H,6-52H2,1-5H3. The van der Waals surface area contributed by atoms with Crippen molar-refractivity contribution in [3.05, 3.63) is 11.1 Å². The SMILES string of the molecule is CCCCCCCCCCCCCCCCC(=O)C1CC(C)(O)C(CCCCCCCCCCCCCCC)C2=C(C(=O)OC)C(=O)C(C34CC(=O)OC3CC(O)(CCCCCCCCCCCCCCCC)O4)C21. The molecule has 0 amide bonds. The lowest BCUT2D eigenvalue weighted by molar-refractivity contribution is -0.242. The molecule has 0 radical (unpaired) electrons. The maximum Gasteiger partial charge on any atom is 0.341 e. The van der Waals surface area contributed by atoms with Crippen molar-refractivity contribution in [3.8, 4) is 0 Å². The first-order valence-corrected chi connectivity index (χ1v) is 32.6. The van der Waals surface area contributed by atoms with Crippen LogP contribution < -0.4 is 0 Å². The summed E-state index contributed by atoms with van der Waals surface area (Å²) in [5.74, 6) is -6.66. The fourth-order valence-corrected chi connectivity index (χ4v) is 14.1. The predicted molar refractivity (Wildman–Crippen MR) is 306 cm³/mol. The lowest BCUT2D eigenvalue weighted by Crippen LogP contribution is -2.55. The Labute approximate surface area is 459 Å². The zero-order valence-electron chi connectivity index (χ0n) is 49.4. The summed E-state index contributed by atoms with van der Waals surface area (Å²) in [6.07, 6.45) is 50.0. The smallest absolute Gasteiger partial charge is 0.341 e. The number of esters is 2. The van der Waals surface area contributed by atoms with Gasteiger partial charge in [0.25, 0.3) is 0 Å². The number of rotatable bonds is 47. The molecule has 1 saturated carbocycles. The number of carbonyl (C=O) groups excluding carboxylic acids is 4. The van der Waals surface area contributed by atoms with Crippen LogP contribution in [0.5, 0.6) is 0 Å². The Morgan fingerprint density at radius 2 is 0.933 bits per heavy atom. The van der Waals surface area contributed by atoms with Crippen LogP contribution in [0.2, 0.25) is 0 Å². The number of ketones is 2. The van der Waals surface area contributed by atoms with Crippen molar-refractivity contribution in [2.45, 2.75) is 353 Å². The molecule has 434 valence electrons. The molecule has 0 spiro atoms. The van der Waals surface area contributed by atoms with Crippen LogP contribution in [0.4, 0.5) is 0 Å². The molecule has 2 saturated heterocycles. The molecule has 8 atom stereocenters. The summed E-state index contributed by atoms with van der Waals surface area (Å²) in [5.41, 5.74) is -2.51. The van der Waals surface area contributed by atoms with Gasteiger partial charge in [-0.2, -0.15) is 0 Å². The zero-order chi connectivity index (χ0) is 54.2. The van der Waals surface area contributed by atoms with Crippen molar-refractivity contribution in [2.24, 2.45) is 23.7 Å². The van der Waals surface area contributed by atoms with Gasteiger partial charge in [-0.1, -0.05) is 271 Å². The van der Waals surface area contributed by atoms with Crippen molar-refractivity contribution in [1.29, 1.82) is 0 Å². The van der Waals surface area contributed by atoms with Gasteiger partial charge in [0.2, 0.25) is 0 Å². The molecular formula is C66H116O9. The van der Waals surface area contributed by atoms with Crippen molar-refractivity contribution >= 4 is 23.5 Å².